The van der Waals surface area contributed by atoms with E-state index in [-0.39, 0.29) is 5.91 Å². The summed E-state index contributed by atoms with van der Waals surface area (Å²) in [6.45, 7) is 6.15. The fourth-order valence-electron chi connectivity index (χ4n) is 3.37. The Labute approximate surface area is 162 Å². The molecule has 1 aliphatic rings. The van der Waals surface area contributed by atoms with Crippen molar-refractivity contribution in [2.45, 2.75) is 13.3 Å². The molecule has 3 rings (SSSR count). The van der Waals surface area contributed by atoms with Crippen molar-refractivity contribution in [3.8, 4) is 5.75 Å². The molecule has 0 saturated carbocycles. The zero-order valence-corrected chi connectivity index (χ0v) is 16.5. The van der Waals surface area contributed by atoms with Gasteiger partial charge in [0.1, 0.15) is 5.75 Å². The van der Waals surface area contributed by atoms with E-state index in [1.165, 1.54) is 0 Å². The summed E-state index contributed by atoms with van der Waals surface area (Å²) in [4.78, 5) is 19.5. The van der Waals surface area contributed by atoms with Crippen molar-refractivity contribution >= 4 is 17.3 Å². The number of ether oxygens (including phenoxy) is 1. The number of amides is 1. The van der Waals surface area contributed by atoms with Crippen molar-refractivity contribution in [2.75, 3.05) is 56.7 Å². The molecule has 27 heavy (non-hydrogen) atoms. The molecule has 0 unspecified atom stereocenters. The number of hydrogen-bond acceptors (Lipinski definition) is 4. The van der Waals surface area contributed by atoms with E-state index in [1.54, 1.807) is 0 Å². The molecule has 5 heteroatoms. The highest BCUT2D eigenvalue weighted by Crippen LogP contribution is 2.33. The normalized spacial score (nSPS) is 13.6. The molecule has 0 saturated heterocycles. The van der Waals surface area contributed by atoms with Crippen LogP contribution in [0.3, 0.4) is 0 Å². The van der Waals surface area contributed by atoms with Crippen molar-refractivity contribution in [1.82, 2.24) is 4.90 Å². The molecule has 1 aliphatic heterocycles. The summed E-state index contributed by atoms with van der Waals surface area (Å²) in [6.07, 6.45) is 0.401. The molecule has 0 atom stereocenters. The van der Waals surface area contributed by atoms with Gasteiger partial charge >= 0.3 is 0 Å². The Morgan fingerprint density at radius 2 is 1.74 bits per heavy atom. The van der Waals surface area contributed by atoms with Gasteiger partial charge in [-0.2, -0.15) is 0 Å². The van der Waals surface area contributed by atoms with E-state index < -0.39 is 0 Å². The first kappa shape index (κ1) is 19.2. The number of likely N-dealkylation sites (N-methyl/N-ethyl adjacent to an activating group) is 1. The van der Waals surface area contributed by atoms with Crippen LogP contribution < -0.4 is 14.5 Å². The van der Waals surface area contributed by atoms with Gasteiger partial charge in [-0.15, -0.1) is 0 Å². The number of fused-ring (bicyclic) bond motifs is 1. The summed E-state index contributed by atoms with van der Waals surface area (Å²) >= 11 is 0. The molecular weight excluding hydrogens is 338 g/mol. The lowest BCUT2D eigenvalue weighted by Gasteiger charge is -2.38. The molecule has 0 aromatic heterocycles. The van der Waals surface area contributed by atoms with E-state index in [1.807, 2.05) is 54.3 Å². The molecule has 5 nitrogen and oxygen atoms in total. The Hall–Kier alpha value is -2.53. The number of anilines is 2. The number of para-hydroxylation sites is 2. The lowest BCUT2D eigenvalue weighted by Crippen LogP contribution is -2.46. The quantitative estimate of drug-likeness (QED) is 0.754. The maximum atomic E-state index is 13.0. The molecule has 0 fully saturated rings. The third-order valence-electron chi connectivity index (χ3n) is 4.81. The first-order valence-corrected chi connectivity index (χ1v) is 9.59. The van der Waals surface area contributed by atoms with Crippen molar-refractivity contribution in [2.24, 2.45) is 0 Å². The fraction of sp³-hybridized carbons (Fsp3) is 0.409. The van der Waals surface area contributed by atoms with Crippen molar-refractivity contribution in [3.05, 3.63) is 54.1 Å². The first-order valence-electron chi connectivity index (χ1n) is 9.59. The third kappa shape index (κ3) is 4.80. The van der Waals surface area contributed by atoms with Gasteiger partial charge in [0.25, 0.3) is 0 Å². The summed E-state index contributed by atoms with van der Waals surface area (Å²) < 4.78 is 5.48. The number of carbonyl (C=O) groups excluding carboxylic acids is 1. The number of rotatable bonds is 7. The molecule has 1 amide bonds. The molecule has 144 valence electrons. The topological polar surface area (TPSA) is 36.0 Å². The van der Waals surface area contributed by atoms with Crippen LogP contribution in [0.1, 0.15) is 12.5 Å². The molecule has 0 aliphatic carbocycles. The van der Waals surface area contributed by atoms with E-state index in [4.69, 9.17) is 4.74 Å². The molecule has 0 spiro atoms. The highest BCUT2D eigenvalue weighted by atomic mass is 16.5. The lowest BCUT2D eigenvalue weighted by molar-refractivity contribution is -0.118. The van der Waals surface area contributed by atoms with Crippen LogP contribution in [0.5, 0.6) is 5.75 Å². The minimum Gasteiger partial charge on any atom is -0.494 e. The van der Waals surface area contributed by atoms with Crippen LogP contribution in [0.15, 0.2) is 48.5 Å². The van der Waals surface area contributed by atoms with Gasteiger partial charge in [-0.3, -0.25) is 4.79 Å². The average molecular weight is 367 g/mol. The summed E-state index contributed by atoms with van der Waals surface area (Å²) in [5.74, 6) is 0.979. The van der Waals surface area contributed by atoms with E-state index in [9.17, 15) is 4.79 Å². The van der Waals surface area contributed by atoms with Gasteiger partial charge in [-0.1, -0.05) is 24.3 Å². The van der Waals surface area contributed by atoms with Gasteiger partial charge in [0.15, 0.2) is 0 Å². The molecule has 0 N–H and O–H groups in total. The molecular formula is C22H29N3O2. The van der Waals surface area contributed by atoms with Crippen LogP contribution in [0.4, 0.5) is 11.4 Å². The predicted molar refractivity (Wildman–Crippen MR) is 111 cm³/mol. The summed E-state index contributed by atoms with van der Waals surface area (Å²) in [7, 11) is 4.17. The Bertz CT molecular complexity index is 758. The van der Waals surface area contributed by atoms with Crippen LogP contribution in [-0.4, -0.2) is 57.7 Å². The summed E-state index contributed by atoms with van der Waals surface area (Å²) in [5, 5.41) is 0. The van der Waals surface area contributed by atoms with Gasteiger partial charge < -0.3 is 19.4 Å². The molecule has 1 heterocycles. The van der Waals surface area contributed by atoms with Gasteiger partial charge in [-0.25, -0.2) is 0 Å². The minimum absolute atomic E-state index is 0.138. The van der Waals surface area contributed by atoms with Crippen molar-refractivity contribution < 1.29 is 9.53 Å². The predicted octanol–water partition coefficient (Wildman–Crippen LogP) is 3.04. The lowest BCUT2D eigenvalue weighted by atomic mass is 10.1. The van der Waals surface area contributed by atoms with Gasteiger partial charge in [0.05, 0.1) is 24.4 Å². The summed E-state index contributed by atoms with van der Waals surface area (Å²) in [6, 6.07) is 16.0. The zero-order chi connectivity index (χ0) is 19.2. The SMILES string of the molecule is CCOc1ccc(CC(=O)N2CCN(CCN(C)C)c3ccccc32)cc1. The highest BCUT2D eigenvalue weighted by molar-refractivity contribution is 5.98. The fourth-order valence-corrected chi connectivity index (χ4v) is 3.37. The van der Waals surface area contributed by atoms with Crippen LogP contribution in [-0.2, 0) is 11.2 Å². The number of benzene rings is 2. The number of nitrogens with zero attached hydrogens (tertiary/aromatic N) is 3. The minimum atomic E-state index is 0.138. The van der Waals surface area contributed by atoms with Crippen LogP contribution in [0, 0.1) is 0 Å². The Balaban J connectivity index is 1.72. The number of hydrogen-bond donors (Lipinski definition) is 0. The number of carbonyl (C=O) groups is 1. The van der Waals surface area contributed by atoms with Crippen LogP contribution in [0.2, 0.25) is 0 Å². The monoisotopic (exact) mass is 367 g/mol. The van der Waals surface area contributed by atoms with Crippen LogP contribution >= 0.6 is 0 Å². The first-order chi connectivity index (χ1) is 13.1. The second-order valence-electron chi connectivity index (χ2n) is 7.08. The Kier molecular flexibility index (Phi) is 6.35. The standard InChI is InChI=1S/C22H29N3O2/c1-4-27-19-11-9-18(10-12-19)17-22(26)25-16-15-24(14-13-23(2)3)20-7-5-6-8-21(20)25/h5-12H,4,13-17H2,1-3H3. The molecule has 0 bridgehead atoms. The maximum absolute atomic E-state index is 13.0. The van der Waals surface area contributed by atoms with Gasteiger partial charge in [-0.05, 0) is 50.8 Å². The van der Waals surface area contributed by atoms with Crippen LogP contribution in [0.25, 0.3) is 0 Å². The van der Waals surface area contributed by atoms with Crippen molar-refractivity contribution in [1.29, 1.82) is 0 Å². The maximum Gasteiger partial charge on any atom is 0.231 e. The third-order valence-corrected chi connectivity index (χ3v) is 4.81. The van der Waals surface area contributed by atoms with E-state index in [0.717, 1.165) is 48.9 Å². The molecule has 0 radical (unpaired) electrons. The van der Waals surface area contributed by atoms with E-state index in [2.05, 4.69) is 30.0 Å². The zero-order valence-electron chi connectivity index (χ0n) is 16.5. The average Bonchev–Trinajstić information content (AvgIpc) is 2.67. The largest absolute Gasteiger partial charge is 0.494 e. The highest BCUT2D eigenvalue weighted by Gasteiger charge is 2.26. The molecule has 2 aromatic rings. The molecule has 2 aromatic carbocycles. The Morgan fingerprint density at radius 1 is 1.04 bits per heavy atom. The Morgan fingerprint density at radius 3 is 2.41 bits per heavy atom. The van der Waals surface area contributed by atoms with Gasteiger partial charge in [0.2, 0.25) is 5.91 Å². The van der Waals surface area contributed by atoms with Gasteiger partial charge in [0, 0.05) is 26.2 Å². The summed E-state index contributed by atoms with van der Waals surface area (Å²) in [5.41, 5.74) is 3.17. The second kappa shape index (κ2) is 8.91. The van der Waals surface area contributed by atoms with E-state index >= 15 is 0 Å². The van der Waals surface area contributed by atoms with Crippen molar-refractivity contribution in [3.63, 3.8) is 0 Å². The smallest absolute Gasteiger partial charge is 0.231 e. The van der Waals surface area contributed by atoms with E-state index in [0.29, 0.717) is 13.0 Å². The second-order valence-corrected chi connectivity index (χ2v) is 7.08.